The fourth-order valence-electron chi connectivity index (χ4n) is 5.12. The van der Waals surface area contributed by atoms with Gasteiger partial charge in [0.25, 0.3) is 5.56 Å². The Balaban J connectivity index is 1.38. The molecule has 0 radical (unpaired) electrons. The number of ether oxygens (including phenoxy) is 2. The van der Waals surface area contributed by atoms with Gasteiger partial charge in [-0.2, -0.15) is 0 Å². The van der Waals surface area contributed by atoms with Crippen molar-refractivity contribution < 1.29 is 24.2 Å². The van der Waals surface area contributed by atoms with E-state index in [9.17, 15) is 14.4 Å². The van der Waals surface area contributed by atoms with Gasteiger partial charge in [0.1, 0.15) is 12.4 Å². The zero-order valence-corrected chi connectivity index (χ0v) is 26.1. The third-order valence-corrected chi connectivity index (χ3v) is 8.58. The van der Waals surface area contributed by atoms with Crippen LogP contribution in [0.1, 0.15) is 45.6 Å². The van der Waals surface area contributed by atoms with E-state index in [-0.39, 0.29) is 29.9 Å². The third-order valence-electron chi connectivity index (χ3n) is 7.34. The third kappa shape index (κ3) is 6.42. The zero-order valence-electron chi connectivity index (χ0n) is 24.6. The lowest BCUT2D eigenvalue weighted by Crippen LogP contribution is -2.40. The lowest BCUT2D eigenvalue weighted by atomic mass is 9.93. The van der Waals surface area contributed by atoms with E-state index in [2.05, 4.69) is 0 Å². The summed E-state index contributed by atoms with van der Waals surface area (Å²) in [5, 5.41) is 9.61. The van der Waals surface area contributed by atoms with Gasteiger partial charge in [0.05, 0.1) is 34.0 Å². The zero-order chi connectivity index (χ0) is 32.2. The largest absolute Gasteiger partial charge is 0.489 e. The summed E-state index contributed by atoms with van der Waals surface area (Å²) in [7, 11) is 0. The number of carboxylic acid groups (broad SMARTS) is 1. The van der Waals surface area contributed by atoms with Gasteiger partial charge in [0, 0.05) is 10.6 Å². The van der Waals surface area contributed by atoms with Crippen LogP contribution in [0, 0.1) is 0 Å². The van der Waals surface area contributed by atoms with Crippen LogP contribution < -0.4 is 19.6 Å². The molecule has 0 spiro atoms. The standard InChI is InChI=1S/C36H27ClN2O6S/c1-2-44-35(43)30-31(24-6-4-3-5-7-24)38-36-39(32(30)25-14-16-27(37)17-15-25)33(40)29(46-36)20-22-10-18-28(19-11-22)45-21-23-8-12-26(13-9-23)34(41)42/h3-20,32H,2,21H2,1H3,(H,41,42)/b29-20+/t32-/m0/s1. The second-order valence-electron chi connectivity index (χ2n) is 10.3. The molecule has 1 aliphatic rings. The molecular formula is C36H27ClN2O6S. The number of carboxylic acids is 1. The highest BCUT2D eigenvalue weighted by molar-refractivity contribution is 7.07. The summed E-state index contributed by atoms with van der Waals surface area (Å²) < 4.78 is 13.4. The summed E-state index contributed by atoms with van der Waals surface area (Å²) in [4.78, 5) is 44.0. The minimum Gasteiger partial charge on any atom is -0.489 e. The normalized spacial score (nSPS) is 14.4. The van der Waals surface area contributed by atoms with Crippen LogP contribution in [0.5, 0.6) is 5.75 Å². The molecular weight excluding hydrogens is 624 g/mol. The van der Waals surface area contributed by atoms with Crippen LogP contribution in [0.15, 0.2) is 118 Å². The van der Waals surface area contributed by atoms with Gasteiger partial charge in [-0.15, -0.1) is 0 Å². The summed E-state index contributed by atoms with van der Waals surface area (Å²) in [5.74, 6) is -0.907. The molecule has 230 valence electrons. The van der Waals surface area contributed by atoms with Crippen LogP contribution in [0.4, 0.5) is 0 Å². The molecule has 1 N–H and O–H groups in total. The number of aromatic nitrogens is 1. The average molecular weight is 651 g/mol. The molecule has 46 heavy (non-hydrogen) atoms. The first-order valence-corrected chi connectivity index (χ1v) is 15.6. The number of hydrogen-bond acceptors (Lipinski definition) is 7. The number of aromatic carboxylic acids is 1. The fraction of sp³-hybridized carbons (Fsp3) is 0.111. The summed E-state index contributed by atoms with van der Waals surface area (Å²) >= 11 is 7.45. The lowest BCUT2D eigenvalue weighted by Gasteiger charge is -2.25. The topological polar surface area (TPSA) is 107 Å². The summed E-state index contributed by atoms with van der Waals surface area (Å²) in [6.45, 7) is 2.18. The Kier molecular flexibility index (Phi) is 8.96. The number of halogens is 1. The molecule has 8 nitrogen and oxygen atoms in total. The van der Waals surface area contributed by atoms with Crippen molar-refractivity contribution in [3.8, 4) is 5.75 Å². The maximum atomic E-state index is 14.1. The van der Waals surface area contributed by atoms with Gasteiger partial charge in [0.15, 0.2) is 4.80 Å². The molecule has 0 bridgehead atoms. The minimum atomic E-state index is -0.980. The molecule has 0 saturated carbocycles. The van der Waals surface area contributed by atoms with Crippen LogP contribution in [0.3, 0.4) is 0 Å². The summed E-state index contributed by atoms with van der Waals surface area (Å²) in [6, 6.07) is 29.4. The van der Waals surface area contributed by atoms with E-state index >= 15 is 0 Å². The van der Waals surface area contributed by atoms with Gasteiger partial charge in [-0.3, -0.25) is 9.36 Å². The molecule has 0 saturated heterocycles. The van der Waals surface area contributed by atoms with E-state index in [1.165, 1.54) is 23.5 Å². The van der Waals surface area contributed by atoms with Crippen LogP contribution in [0.2, 0.25) is 5.02 Å². The summed E-state index contributed by atoms with van der Waals surface area (Å²) in [5.41, 5.74) is 3.69. The van der Waals surface area contributed by atoms with Crippen LogP contribution >= 0.6 is 22.9 Å². The van der Waals surface area contributed by atoms with Crippen molar-refractivity contribution in [2.45, 2.75) is 19.6 Å². The molecule has 0 aliphatic carbocycles. The molecule has 1 atom stereocenters. The second kappa shape index (κ2) is 13.4. The van der Waals surface area contributed by atoms with Crippen molar-refractivity contribution in [1.82, 2.24) is 4.57 Å². The molecule has 0 fully saturated rings. The quantitative estimate of drug-likeness (QED) is 0.200. The Morgan fingerprint density at radius 3 is 2.30 bits per heavy atom. The number of benzene rings is 4. The highest BCUT2D eigenvalue weighted by atomic mass is 35.5. The van der Waals surface area contributed by atoms with Gasteiger partial charge in [-0.1, -0.05) is 89.7 Å². The predicted molar refractivity (Wildman–Crippen MR) is 177 cm³/mol. The Labute approximate surface area is 272 Å². The molecule has 0 unspecified atom stereocenters. The highest BCUT2D eigenvalue weighted by Crippen LogP contribution is 2.35. The maximum absolute atomic E-state index is 14.1. The van der Waals surface area contributed by atoms with Gasteiger partial charge >= 0.3 is 11.9 Å². The SMILES string of the molecule is CCOC(=O)C1=C(c2ccccc2)N=c2s/c(=C/c3ccc(OCc4ccc(C(=O)O)cc4)cc3)c(=O)n2[C@H]1c1ccc(Cl)cc1. The Morgan fingerprint density at radius 2 is 1.65 bits per heavy atom. The number of thiazole rings is 1. The van der Waals surface area contributed by atoms with Gasteiger partial charge < -0.3 is 14.6 Å². The number of hydrogen-bond donors (Lipinski definition) is 1. The van der Waals surface area contributed by atoms with E-state index < -0.39 is 18.0 Å². The van der Waals surface area contributed by atoms with Crippen molar-refractivity contribution >= 4 is 46.6 Å². The van der Waals surface area contributed by atoms with Crippen molar-refractivity contribution in [3.63, 3.8) is 0 Å². The van der Waals surface area contributed by atoms with E-state index in [1.807, 2.05) is 42.5 Å². The molecule has 0 amide bonds. The number of carbonyl (C=O) groups is 2. The number of nitrogens with zero attached hydrogens (tertiary/aromatic N) is 2. The monoisotopic (exact) mass is 650 g/mol. The molecule has 1 aliphatic heterocycles. The van der Waals surface area contributed by atoms with E-state index in [0.717, 1.165) is 16.7 Å². The van der Waals surface area contributed by atoms with E-state index in [0.29, 0.717) is 31.4 Å². The van der Waals surface area contributed by atoms with Crippen LogP contribution in [0.25, 0.3) is 11.8 Å². The van der Waals surface area contributed by atoms with E-state index in [4.69, 9.17) is 31.2 Å². The molecule has 2 heterocycles. The Hall–Kier alpha value is -5.25. The molecule has 4 aromatic carbocycles. The molecule has 1 aromatic heterocycles. The average Bonchev–Trinajstić information content (AvgIpc) is 3.38. The van der Waals surface area contributed by atoms with Crippen LogP contribution in [-0.2, 0) is 16.1 Å². The van der Waals surface area contributed by atoms with E-state index in [1.54, 1.807) is 66.1 Å². The number of esters is 1. The first-order chi connectivity index (χ1) is 22.3. The lowest BCUT2D eigenvalue weighted by molar-refractivity contribution is -0.138. The van der Waals surface area contributed by atoms with Crippen LogP contribution in [-0.4, -0.2) is 28.2 Å². The number of fused-ring (bicyclic) bond motifs is 1. The molecule has 10 heteroatoms. The Morgan fingerprint density at radius 1 is 0.957 bits per heavy atom. The Bertz CT molecular complexity index is 2120. The molecule has 5 aromatic rings. The highest BCUT2D eigenvalue weighted by Gasteiger charge is 2.35. The van der Waals surface area contributed by atoms with Crippen molar-refractivity contribution in [1.29, 1.82) is 0 Å². The number of rotatable bonds is 9. The molecule has 6 rings (SSSR count). The first-order valence-electron chi connectivity index (χ1n) is 14.4. The smallest absolute Gasteiger partial charge is 0.338 e. The first kappa shape index (κ1) is 30.8. The number of carbonyl (C=O) groups excluding carboxylic acids is 1. The predicted octanol–water partition coefficient (Wildman–Crippen LogP) is 5.87. The van der Waals surface area contributed by atoms with Gasteiger partial charge in [-0.05, 0) is 66.1 Å². The fourth-order valence-corrected chi connectivity index (χ4v) is 6.25. The minimum absolute atomic E-state index is 0.166. The maximum Gasteiger partial charge on any atom is 0.338 e. The summed E-state index contributed by atoms with van der Waals surface area (Å²) in [6.07, 6.45) is 1.79. The second-order valence-corrected chi connectivity index (χ2v) is 11.8. The van der Waals surface area contributed by atoms with Crippen molar-refractivity contribution in [3.05, 3.63) is 161 Å². The van der Waals surface area contributed by atoms with Crippen molar-refractivity contribution in [2.75, 3.05) is 6.61 Å². The van der Waals surface area contributed by atoms with Gasteiger partial charge in [-0.25, -0.2) is 14.6 Å². The van der Waals surface area contributed by atoms with Gasteiger partial charge in [0.2, 0.25) is 0 Å². The van der Waals surface area contributed by atoms with Crippen molar-refractivity contribution in [2.24, 2.45) is 4.99 Å².